The third kappa shape index (κ3) is 4.69. The number of hydrogen-bond acceptors (Lipinski definition) is 3. The molecule has 0 radical (unpaired) electrons. The molecule has 28 heavy (non-hydrogen) atoms. The van der Waals surface area contributed by atoms with Gasteiger partial charge in [0.2, 0.25) is 15.9 Å². The van der Waals surface area contributed by atoms with Gasteiger partial charge in [-0.15, -0.1) is 0 Å². The second kappa shape index (κ2) is 8.82. The van der Waals surface area contributed by atoms with Crippen molar-refractivity contribution in [3.05, 3.63) is 64.1 Å². The summed E-state index contributed by atoms with van der Waals surface area (Å²) in [5.74, 6) is 0.162. The van der Waals surface area contributed by atoms with Crippen molar-refractivity contribution >= 4 is 39.1 Å². The van der Waals surface area contributed by atoms with Crippen LogP contribution in [0.25, 0.3) is 0 Å². The van der Waals surface area contributed by atoms with Gasteiger partial charge in [-0.2, -0.15) is 4.31 Å². The molecule has 0 aliphatic carbocycles. The van der Waals surface area contributed by atoms with Crippen LogP contribution in [0.4, 0.5) is 0 Å². The largest absolute Gasteiger partial charge is 0.340 e. The predicted molar refractivity (Wildman–Crippen MR) is 111 cm³/mol. The van der Waals surface area contributed by atoms with Crippen LogP contribution in [-0.4, -0.2) is 49.7 Å². The minimum absolute atomic E-state index is 0.0444. The van der Waals surface area contributed by atoms with Crippen LogP contribution in [-0.2, 0) is 14.8 Å². The standard InChI is InChI=1S/C20H22Cl2N2O3S/c1-15(16-5-3-2-4-6-16)13-20(25)23-9-11-24(12-10-23)28(26,27)17-7-8-18(21)19(22)14-17/h2-8,14-15H,9-13H2,1H3. The molecule has 0 aromatic heterocycles. The number of halogens is 2. The number of benzene rings is 2. The number of rotatable bonds is 5. The molecule has 1 fully saturated rings. The number of amides is 1. The van der Waals surface area contributed by atoms with Crippen molar-refractivity contribution in [1.29, 1.82) is 0 Å². The van der Waals surface area contributed by atoms with E-state index < -0.39 is 10.0 Å². The van der Waals surface area contributed by atoms with E-state index in [0.29, 0.717) is 24.5 Å². The molecule has 1 atom stereocenters. The second-order valence-corrected chi connectivity index (χ2v) is 9.63. The highest BCUT2D eigenvalue weighted by molar-refractivity contribution is 7.89. The Morgan fingerprint density at radius 1 is 1.00 bits per heavy atom. The van der Waals surface area contributed by atoms with Gasteiger partial charge < -0.3 is 4.90 Å². The van der Waals surface area contributed by atoms with Gasteiger partial charge in [0.05, 0.1) is 14.9 Å². The molecule has 5 nitrogen and oxygen atoms in total. The zero-order valence-corrected chi connectivity index (χ0v) is 17.8. The molecule has 1 unspecified atom stereocenters. The molecule has 3 rings (SSSR count). The fraction of sp³-hybridized carbons (Fsp3) is 0.350. The van der Waals surface area contributed by atoms with Crippen molar-refractivity contribution in [3.8, 4) is 0 Å². The first kappa shape index (κ1) is 21.1. The van der Waals surface area contributed by atoms with Crippen LogP contribution in [0.3, 0.4) is 0 Å². The van der Waals surface area contributed by atoms with Crippen molar-refractivity contribution < 1.29 is 13.2 Å². The SMILES string of the molecule is CC(CC(=O)N1CCN(S(=O)(=O)c2ccc(Cl)c(Cl)c2)CC1)c1ccccc1. The number of sulfonamides is 1. The zero-order valence-electron chi connectivity index (χ0n) is 15.5. The van der Waals surface area contributed by atoms with E-state index in [1.54, 1.807) is 4.90 Å². The number of nitrogens with zero attached hydrogens (tertiary/aromatic N) is 2. The van der Waals surface area contributed by atoms with Crippen LogP contribution in [0, 0.1) is 0 Å². The first-order valence-electron chi connectivity index (χ1n) is 9.07. The van der Waals surface area contributed by atoms with E-state index in [4.69, 9.17) is 23.2 Å². The Morgan fingerprint density at radius 3 is 2.25 bits per heavy atom. The molecule has 1 aliphatic rings. The van der Waals surface area contributed by atoms with Crippen LogP contribution in [0.15, 0.2) is 53.4 Å². The van der Waals surface area contributed by atoms with E-state index in [1.807, 2.05) is 37.3 Å². The lowest BCUT2D eigenvalue weighted by atomic mass is 9.97. The van der Waals surface area contributed by atoms with Crippen LogP contribution in [0.2, 0.25) is 10.0 Å². The number of hydrogen-bond donors (Lipinski definition) is 0. The third-order valence-corrected chi connectivity index (χ3v) is 7.60. The molecule has 2 aromatic carbocycles. The fourth-order valence-electron chi connectivity index (χ4n) is 3.25. The molecular formula is C20H22Cl2N2O3S. The summed E-state index contributed by atoms with van der Waals surface area (Å²) in [6, 6.07) is 14.2. The van der Waals surface area contributed by atoms with E-state index in [0.717, 1.165) is 5.56 Å². The summed E-state index contributed by atoms with van der Waals surface area (Å²) in [5, 5.41) is 0.509. The maximum atomic E-state index is 12.8. The molecule has 1 heterocycles. The van der Waals surface area contributed by atoms with Crippen LogP contribution in [0.5, 0.6) is 0 Å². The molecule has 0 bridgehead atoms. The third-order valence-electron chi connectivity index (χ3n) is 4.97. The van der Waals surface area contributed by atoms with Gasteiger partial charge in [-0.25, -0.2) is 8.42 Å². The molecule has 0 saturated carbocycles. The molecule has 0 N–H and O–H groups in total. The predicted octanol–water partition coefficient (Wildman–Crippen LogP) is 4.02. The molecular weight excluding hydrogens is 419 g/mol. The Balaban J connectivity index is 1.60. The van der Waals surface area contributed by atoms with Gasteiger partial charge in [-0.3, -0.25) is 4.79 Å². The topological polar surface area (TPSA) is 57.7 Å². The van der Waals surface area contributed by atoms with E-state index in [9.17, 15) is 13.2 Å². The normalized spacial score (nSPS) is 16.8. The lowest BCUT2D eigenvalue weighted by molar-refractivity contribution is -0.132. The monoisotopic (exact) mass is 440 g/mol. The average Bonchev–Trinajstić information content (AvgIpc) is 2.70. The summed E-state index contributed by atoms with van der Waals surface area (Å²) in [7, 11) is -3.66. The van der Waals surface area contributed by atoms with Crippen molar-refractivity contribution in [2.24, 2.45) is 0 Å². The minimum Gasteiger partial charge on any atom is -0.340 e. The average molecular weight is 441 g/mol. The van der Waals surface area contributed by atoms with Crippen molar-refractivity contribution in [2.75, 3.05) is 26.2 Å². The van der Waals surface area contributed by atoms with Gasteiger partial charge >= 0.3 is 0 Å². The summed E-state index contributed by atoms with van der Waals surface area (Å²) in [6.45, 7) is 3.29. The molecule has 0 spiro atoms. The molecule has 8 heteroatoms. The molecule has 1 amide bonds. The maximum absolute atomic E-state index is 12.8. The Labute approximate surface area is 175 Å². The van der Waals surface area contributed by atoms with Gasteiger partial charge in [0, 0.05) is 32.6 Å². The maximum Gasteiger partial charge on any atom is 0.243 e. The van der Waals surface area contributed by atoms with Gasteiger partial charge in [0.1, 0.15) is 0 Å². The first-order valence-corrected chi connectivity index (χ1v) is 11.3. The van der Waals surface area contributed by atoms with E-state index in [2.05, 4.69) is 0 Å². The summed E-state index contributed by atoms with van der Waals surface area (Å²) in [6.07, 6.45) is 0.406. The number of piperazine rings is 1. The Morgan fingerprint density at radius 2 is 1.64 bits per heavy atom. The number of carbonyl (C=O) groups excluding carboxylic acids is 1. The van der Waals surface area contributed by atoms with Crippen LogP contribution in [0.1, 0.15) is 24.8 Å². The van der Waals surface area contributed by atoms with Gasteiger partial charge in [0.25, 0.3) is 0 Å². The summed E-state index contributed by atoms with van der Waals surface area (Å²) in [4.78, 5) is 14.5. The van der Waals surface area contributed by atoms with Crippen molar-refractivity contribution in [2.45, 2.75) is 24.2 Å². The van der Waals surface area contributed by atoms with E-state index in [1.165, 1.54) is 22.5 Å². The highest BCUT2D eigenvalue weighted by atomic mass is 35.5. The summed E-state index contributed by atoms with van der Waals surface area (Å²) < 4.78 is 27.0. The van der Waals surface area contributed by atoms with Gasteiger partial charge in [0.15, 0.2) is 0 Å². The molecule has 1 saturated heterocycles. The van der Waals surface area contributed by atoms with Crippen LogP contribution < -0.4 is 0 Å². The molecule has 2 aromatic rings. The summed E-state index contributed by atoms with van der Waals surface area (Å²) in [5.41, 5.74) is 1.12. The molecule has 1 aliphatic heterocycles. The summed E-state index contributed by atoms with van der Waals surface area (Å²) >= 11 is 11.8. The van der Waals surface area contributed by atoms with Crippen molar-refractivity contribution in [3.63, 3.8) is 0 Å². The van der Waals surface area contributed by atoms with E-state index in [-0.39, 0.29) is 34.8 Å². The first-order chi connectivity index (χ1) is 13.3. The smallest absolute Gasteiger partial charge is 0.243 e. The zero-order chi connectivity index (χ0) is 20.3. The lowest BCUT2D eigenvalue weighted by Gasteiger charge is -2.34. The Kier molecular flexibility index (Phi) is 6.65. The van der Waals surface area contributed by atoms with Crippen LogP contribution >= 0.6 is 23.2 Å². The van der Waals surface area contributed by atoms with Gasteiger partial charge in [-0.1, -0.05) is 60.5 Å². The fourth-order valence-corrected chi connectivity index (χ4v) is 5.07. The quantitative estimate of drug-likeness (QED) is 0.705. The van der Waals surface area contributed by atoms with E-state index >= 15 is 0 Å². The lowest BCUT2D eigenvalue weighted by Crippen LogP contribution is -2.50. The molecule has 150 valence electrons. The minimum atomic E-state index is -3.66. The highest BCUT2D eigenvalue weighted by Gasteiger charge is 2.30. The Bertz CT molecular complexity index is 943. The number of carbonyl (C=O) groups is 1. The Hall–Kier alpha value is -1.60. The highest BCUT2D eigenvalue weighted by Crippen LogP contribution is 2.27. The van der Waals surface area contributed by atoms with Gasteiger partial charge in [-0.05, 0) is 29.7 Å². The second-order valence-electron chi connectivity index (χ2n) is 6.88. The van der Waals surface area contributed by atoms with Crippen molar-refractivity contribution in [1.82, 2.24) is 9.21 Å².